The number of nitrogens with one attached hydrogen (secondary N) is 1. The second-order valence-electron chi connectivity index (χ2n) is 4.68. The van der Waals surface area contributed by atoms with Crippen molar-refractivity contribution >= 4 is 5.91 Å². The van der Waals surface area contributed by atoms with E-state index in [4.69, 9.17) is 4.42 Å². The monoisotopic (exact) mass is 225 g/mol. The molecule has 90 valence electrons. The van der Waals surface area contributed by atoms with Crippen molar-refractivity contribution in [3.63, 3.8) is 0 Å². The zero-order valence-corrected chi connectivity index (χ0v) is 10.4. The largest absolute Gasteiger partial charge is 0.466 e. The number of furan rings is 1. The van der Waals surface area contributed by atoms with Crippen LogP contribution >= 0.6 is 0 Å². The minimum atomic E-state index is -0.658. The van der Waals surface area contributed by atoms with Crippen molar-refractivity contribution in [2.24, 2.45) is 0 Å². The maximum atomic E-state index is 11.9. The average Bonchev–Trinajstić information content (AvgIpc) is 2.44. The second kappa shape index (κ2) is 4.29. The third-order valence-electron chi connectivity index (χ3n) is 2.77. The normalized spacial score (nSPS) is 13.6. The van der Waals surface area contributed by atoms with Gasteiger partial charge in [0.2, 0.25) is 0 Å². The molecule has 1 amide bonds. The molecule has 1 rings (SSSR count). The number of amides is 1. The van der Waals surface area contributed by atoms with Crippen LogP contribution in [-0.2, 0) is 0 Å². The molecular weight excluding hydrogens is 206 g/mol. The van der Waals surface area contributed by atoms with E-state index >= 15 is 0 Å². The Morgan fingerprint density at radius 2 is 2.06 bits per heavy atom. The van der Waals surface area contributed by atoms with E-state index < -0.39 is 11.6 Å². The number of aliphatic hydroxyl groups excluding tert-OH is 1. The maximum Gasteiger partial charge on any atom is 0.255 e. The number of aryl methyl sites for hydroxylation is 2. The van der Waals surface area contributed by atoms with Crippen molar-refractivity contribution in [3.05, 3.63) is 23.2 Å². The highest BCUT2D eigenvalue weighted by atomic mass is 16.3. The average molecular weight is 225 g/mol. The molecule has 1 unspecified atom stereocenters. The Hall–Kier alpha value is -1.29. The second-order valence-corrected chi connectivity index (χ2v) is 4.68. The van der Waals surface area contributed by atoms with Gasteiger partial charge in [0.05, 0.1) is 17.2 Å². The predicted molar refractivity (Wildman–Crippen MR) is 61.4 cm³/mol. The van der Waals surface area contributed by atoms with Crippen LogP contribution in [0, 0.1) is 13.8 Å². The molecule has 0 saturated carbocycles. The number of hydrogen-bond acceptors (Lipinski definition) is 3. The minimum absolute atomic E-state index is 0.222. The van der Waals surface area contributed by atoms with Gasteiger partial charge in [-0.1, -0.05) is 0 Å². The Morgan fingerprint density at radius 1 is 1.50 bits per heavy atom. The molecule has 0 bridgehead atoms. The molecule has 0 spiro atoms. The lowest BCUT2D eigenvalue weighted by atomic mass is 9.98. The molecule has 0 fully saturated rings. The number of hydrogen-bond donors (Lipinski definition) is 2. The van der Waals surface area contributed by atoms with Gasteiger partial charge < -0.3 is 14.8 Å². The van der Waals surface area contributed by atoms with Crippen LogP contribution in [0.25, 0.3) is 0 Å². The molecule has 1 atom stereocenters. The highest BCUT2D eigenvalue weighted by Crippen LogP contribution is 2.16. The van der Waals surface area contributed by atoms with Crippen molar-refractivity contribution in [1.29, 1.82) is 0 Å². The van der Waals surface area contributed by atoms with Crippen LogP contribution < -0.4 is 5.32 Å². The predicted octanol–water partition coefficient (Wildman–Crippen LogP) is 1.79. The van der Waals surface area contributed by atoms with Crippen molar-refractivity contribution < 1.29 is 14.3 Å². The summed E-state index contributed by atoms with van der Waals surface area (Å²) in [6.45, 7) is 8.74. The van der Waals surface area contributed by atoms with Crippen LogP contribution in [0.15, 0.2) is 10.5 Å². The Bertz CT molecular complexity index is 391. The first-order valence-corrected chi connectivity index (χ1v) is 5.31. The molecule has 2 N–H and O–H groups in total. The molecule has 0 aliphatic rings. The summed E-state index contributed by atoms with van der Waals surface area (Å²) in [4.78, 5) is 11.9. The summed E-state index contributed by atoms with van der Waals surface area (Å²) in [6.07, 6.45) is -0.621. The van der Waals surface area contributed by atoms with Gasteiger partial charge in [0.15, 0.2) is 0 Å². The molecule has 0 aliphatic carbocycles. The van der Waals surface area contributed by atoms with Crippen molar-refractivity contribution in [1.82, 2.24) is 5.32 Å². The molecule has 1 heterocycles. The zero-order valence-electron chi connectivity index (χ0n) is 10.4. The number of carbonyl (C=O) groups excluding carboxylic acids is 1. The minimum Gasteiger partial charge on any atom is -0.466 e. The van der Waals surface area contributed by atoms with Gasteiger partial charge in [0.25, 0.3) is 5.91 Å². The van der Waals surface area contributed by atoms with E-state index in [1.807, 2.05) is 0 Å². The fourth-order valence-electron chi connectivity index (χ4n) is 1.32. The summed E-state index contributed by atoms with van der Waals surface area (Å²) in [5, 5.41) is 12.3. The van der Waals surface area contributed by atoms with Crippen molar-refractivity contribution in [2.45, 2.75) is 46.3 Å². The SMILES string of the molecule is Cc1cc(C(=O)NC(C)(C)C(C)O)c(C)o1. The van der Waals surface area contributed by atoms with Gasteiger partial charge in [-0.2, -0.15) is 0 Å². The fraction of sp³-hybridized carbons (Fsp3) is 0.583. The summed E-state index contributed by atoms with van der Waals surface area (Å²) >= 11 is 0. The standard InChI is InChI=1S/C12H19NO3/c1-7-6-10(8(2)16-7)11(15)13-12(4,5)9(3)14/h6,9,14H,1-5H3,(H,13,15). The van der Waals surface area contributed by atoms with Gasteiger partial charge in [-0.3, -0.25) is 4.79 Å². The molecule has 16 heavy (non-hydrogen) atoms. The zero-order chi connectivity index (χ0) is 12.5. The van der Waals surface area contributed by atoms with Crippen molar-refractivity contribution in [2.75, 3.05) is 0 Å². The van der Waals surface area contributed by atoms with E-state index in [9.17, 15) is 9.90 Å². The third-order valence-corrected chi connectivity index (χ3v) is 2.77. The first kappa shape index (κ1) is 12.8. The van der Waals surface area contributed by atoms with Crippen LogP contribution in [0.3, 0.4) is 0 Å². The van der Waals surface area contributed by atoms with Gasteiger partial charge in [-0.05, 0) is 40.7 Å². The van der Waals surface area contributed by atoms with E-state index in [1.165, 1.54) is 0 Å². The highest BCUT2D eigenvalue weighted by molar-refractivity contribution is 5.95. The topological polar surface area (TPSA) is 62.5 Å². The first-order valence-electron chi connectivity index (χ1n) is 5.31. The van der Waals surface area contributed by atoms with Crippen LogP contribution in [0.4, 0.5) is 0 Å². The molecule has 4 heteroatoms. The Morgan fingerprint density at radius 3 is 2.44 bits per heavy atom. The molecule has 4 nitrogen and oxygen atoms in total. The molecule has 1 aromatic rings. The molecule has 0 saturated heterocycles. The van der Waals surface area contributed by atoms with Gasteiger partial charge in [-0.15, -0.1) is 0 Å². The highest BCUT2D eigenvalue weighted by Gasteiger charge is 2.27. The van der Waals surface area contributed by atoms with E-state index in [2.05, 4.69) is 5.32 Å². The summed E-state index contributed by atoms with van der Waals surface area (Å²) in [6, 6.07) is 1.70. The summed E-state index contributed by atoms with van der Waals surface area (Å²) in [5.74, 6) is 1.08. The third kappa shape index (κ3) is 2.64. The van der Waals surface area contributed by atoms with Crippen LogP contribution in [-0.4, -0.2) is 22.7 Å². The number of carbonyl (C=O) groups is 1. The lowest BCUT2D eigenvalue weighted by Crippen LogP contribution is -2.51. The van der Waals surface area contributed by atoms with Crippen molar-refractivity contribution in [3.8, 4) is 0 Å². The number of rotatable bonds is 3. The van der Waals surface area contributed by atoms with Gasteiger partial charge in [-0.25, -0.2) is 0 Å². The summed E-state index contributed by atoms with van der Waals surface area (Å²) in [7, 11) is 0. The molecule has 0 radical (unpaired) electrons. The number of aliphatic hydroxyl groups is 1. The van der Waals surface area contributed by atoms with Gasteiger partial charge in [0, 0.05) is 0 Å². The first-order chi connectivity index (χ1) is 7.24. The molecule has 1 aromatic heterocycles. The Balaban J connectivity index is 2.85. The lowest BCUT2D eigenvalue weighted by Gasteiger charge is -2.29. The fourth-order valence-corrected chi connectivity index (χ4v) is 1.32. The van der Waals surface area contributed by atoms with Gasteiger partial charge >= 0.3 is 0 Å². The van der Waals surface area contributed by atoms with Crippen LogP contribution in [0.2, 0.25) is 0 Å². The summed E-state index contributed by atoms with van der Waals surface area (Å²) in [5.41, 5.74) is -0.138. The Labute approximate surface area is 95.7 Å². The molecule has 0 aromatic carbocycles. The van der Waals surface area contributed by atoms with Crippen LogP contribution in [0.5, 0.6) is 0 Å². The van der Waals surface area contributed by atoms with Crippen LogP contribution in [0.1, 0.15) is 42.6 Å². The van der Waals surface area contributed by atoms with E-state index in [1.54, 1.807) is 40.7 Å². The smallest absolute Gasteiger partial charge is 0.255 e. The Kier molecular flexibility index (Phi) is 3.43. The van der Waals surface area contributed by atoms with E-state index in [0.29, 0.717) is 17.1 Å². The van der Waals surface area contributed by atoms with E-state index in [-0.39, 0.29) is 5.91 Å². The quantitative estimate of drug-likeness (QED) is 0.824. The summed E-state index contributed by atoms with van der Waals surface area (Å²) < 4.78 is 5.29. The maximum absolute atomic E-state index is 11.9. The molecular formula is C12H19NO3. The molecule has 0 aliphatic heterocycles. The van der Waals surface area contributed by atoms with E-state index in [0.717, 1.165) is 0 Å². The van der Waals surface area contributed by atoms with Gasteiger partial charge in [0.1, 0.15) is 11.5 Å². The lowest BCUT2D eigenvalue weighted by molar-refractivity contribution is 0.0708.